The van der Waals surface area contributed by atoms with Crippen LogP contribution >= 0.6 is 0 Å². The molecule has 7 heteroatoms. The Morgan fingerprint density at radius 2 is 1.62 bits per heavy atom. The molecular formula is C30H26N6O. The highest BCUT2D eigenvalue weighted by Crippen LogP contribution is 2.31. The molecule has 0 amide bonds. The molecule has 3 heterocycles. The second-order valence-corrected chi connectivity index (χ2v) is 9.44. The summed E-state index contributed by atoms with van der Waals surface area (Å²) in [7, 11) is 0. The Morgan fingerprint density at radius 3 is 2.43 bits per heavy atom. The Kier molecular flexibility index (Phi) is 5.34. The first-order valence-corrected chi connectivity index (χ1v) is 12.2. The van der Waals surface area contributed by atoms with Gasteiger partial charge in [-0.15, -0.1) is 0 Å². The minimum Gasteiger partial charge on any atom is -0.383 e. The lowest BCUT2D eigenvalue weighted by Gasteiger charge is -2.17. The van der Waals surface area contributed by atoms with Gasteiger partial charge in [0.2, 0.25) is 0 Å². The van der Waals surface area contributed by atoms with Crippen molar-refractivity contribution >= 4 is 27.6 Å². The standard InChI is InChI=1S/C30H26N6O/c1-18-8-6-12-22(14-18)27-26-28(31)32-17-33-29(26)35(34-27)16-23-15-21-11-7-10-20(3)25(21)30(37)36(23)24-13-5-4-9-19(24)2/h4-15,17H,16H2,1-3H3,(H2,31,32,33). The molecule has 0 atom stereocenters. The monoisotopic (exact) mass is 486 g/mol. The second kappa shape index (κ2) is 8.71. The highest BCUT2D eigenvalue weighted by atomic mass is 16.1. The fourth-order valence-electron chi connectivity index (χ4n) is 5.07. The molecule has 0 bridgehead atoms. The van der Waals surface area contributed by atoms with Crippen molar-refractivity contribution in [3.63, 3.8) is 0 Å². The largest absolute Gasteiger partial charge is 0.383 e. The number of hydrogen-bond donors (Lipinski definition) is 1. The molecule has 0 saturated heterocycles. The highest BCUT2D eigenvalue weighted by molar-refractivity contribution is 5.98. The van der Waals surface area contributed by atoms with Gasteiger partial charge in [0.1, 0.15) is 17.8 Å². The number of anilines is 1. The Hall–Kier alpha value is -4.78. The summed E-state index contributed by atoms with van der Waals surface area (Å²) in [5, 5.41) is 7.28. The lowest BCUT2D eigenvalue weighted by atomic mass is 10.1. The maximum absolute atomic E-state index is 14.0. The van der Waals surface area contributed by atoms with Crippen LogP contribution < -0.4 is 11.3 Å². The van der Waals surface area contributed by atoms with Crippen molar-refractivity contribution in [3.05, 3.63) is 112 Å². The Morgan fingerprint density at radius 1 is 0.838 bits per heavy atom. The molecule has 0 fully saturated rings. The normalized spacial score (nSPS) is 11.4. The zero-order chi connectivity index (χ0) is 25.7. The number of pyridine rings is 1. The molecule has 0 aliphatic rings. The van der Waals surface area contributed by atoms with Gasteiger partial charge in [-0.2, -0.15) is 5.10 Å². The second-order valence-electron chi connectivity index (χ2n) is 9.44. The molecule has 0 radical (unpaired) electrons. The summed E-state index contributed by atoms with van der Waals surface area (Å²) in [5.41, 5.74) is 13.3. The number of nitrogen functional groups attached to an aromatic ring is 1. The lowest BCUT2D eigenvalue weighted by Crippen LogP contribution is -2.25. The van der Waals surface area contributed by atoms with E-state index in [1.54, 1.807) is 4.57 Å². The van der Waals surface area contributed by atoms with E-state index >= 15 is 0 Å². The fraction of sp³-hybridized carbons (Fsp3) is 0.133. The molecule has 182 valence electrons. The maximum Gasteiger partial charge on any atom is 0.263 e. The van der Waals surface area contributed by atoms with Crippen LogP contribution in [0.4, 0.5) is 5.82 Å². The van der Waals surface area contributed by atoms with Crippen LogP contribution in [0.2, 0.25) is 0 Å². The molecule has 37 heavy (non-hydrogen) atoms. The SMILES string of the molecule is Cc1cccc(-c2nn(Cc3cc4cccc(C)c4c(=O)n3-c3ccccc3C)c3ncnc(N)c23)c1. The minimum absolute atomic E-state index is 0.0515. The number of aromatic nitrogens is 5. The third kappa shape index (κ3) is 3.76. The predicted molar refractivity (Wildman–Crippen MR) is 148 cm³/mol. The van der Waals surface area contributed by atoms with E-state index in [1.807, 2.05) is 86.1 Å². The summed E-state index contributed by atoms with van der Waals surface area (Å²) < 4.78 is 3.62. The first kappa shape index (κ1) is 22.7. The fourth-order valence-corrected chi connectivity index (χ4v) is 5.07. The number of hydrogen-bond acceptors (Lipinski definition) is 5. The van der Waals surface area contributed by atoms with Gasteiger partial charge < -0.3 is 5.73 Å². The van der Waals surface area contributed by atoms with Gasteiger partial charge in [-0.05, 0) is 55.5 Å². The van der Waals surface area contributed by atoms with Gasteiger partial charge in [-0.1, -0.05) is 60.2 Å². The van der Waals surface area contributed by atoms with E-state index in [0.29, 0.717) is 28.8 Å². The molecule has 6 aromatic rings. The zero-order valence-corrected chi connectivity index (χ0v) is 20.9. The minimum atomic E-state index is -0.0515. The van der Waals surface area contributed by atoms with E-state index in [0.717, 1.165) is 44.7 Å². The van der Waals surface area contributed by atoms with E-state index in [1.165, 1.54) is 6.33 Å². The number of nitrogens with two attached hydrogens (primary N) is 1. The first-order chi connectivity index (χ1) is 17.9. The van der Waals surface area contributed by atoms with E-state index in [2.05, 4.69) is 22.1 Å². The molecule has 0 aliphatic carbocycles. The number of benzene rings is 3. The third-order valence-corrected chi connectivity index (χ3v) is 6.85. The van der Waals surface area contributed by atoms with Crippen LogP contribution in [0.25, 0.3) is 38.8 Å². The van der Waals surface area contributed by atoms with Crippen molar-refractivity contribution in [1.29, 1.82) is 0 Å². The number of para-hydroxylation sites is 1. The molecule has 7 nitrogen and oxygen atoms in total. The Labute approximate surface area is 213 Å². The van der Waals surface area contributed by atoms with Crippen LogP contribution in [0.3, 0.4) is 0 Å². The number of fused-ring (bicyclic) bond motifs is 2. The van der Waals surface area contributed by atoms with Gasteiger partial charge in [0.15, 0.2) is 5.65 Å². The van der Waals surface area contributed by atoms with Gasteiger partial charge in [-0.25, -0.2) is 14.6 Å². The molecule has 6 rings (SSSR count). The van der Waals surface area contributed by atoms with Crippen LogP contribution in [0.15, 0.2) is 83.9 Å². The van der Waals surface area contributed by atoms with Gasteiger partial charge in [0, 0.05) is 11.3 Å². The van der Waals surface area contributed by atoms with E-state index < -0.39 is 0 Å². The summed E-state index contributed by atoms with van der Waals surface area (Å²) in [5.74, 6) is 0.373. The molecular weight excluding hydrogens is 460 g/mol. The van der Waals surface area contributed by atoms with Crippen LogP contribution in [0.5, 0.6) is 0 Å². The summed E-state index contributed by atoms with van der Waals surface area (Å²) in [6.07, 6.45) is 1.45. The average molecular weight is 487 g/mol. The highest BCUT2D eigenvalue weighted by Gasteiger charge is 2.20. The van der Waals surface area contributed by atoms with E-state index in [9.17, 15) is 4.79 Å². The lowest BCUT2D eigenvalue weighted by molar-refractivity contribution is 0.671. The summed E-state index contributed by atoms with van der Waals surface area (Å²) in [4.78, 5) is 22.8. The smallest absolute Gasteiger partial charge is 0.263 e. The van der Waals surface area contributed by atoms with Gasteiger partial charge in [-0.3, -0.25) is 9.36 Å². The van der Waals surface area contributed by atoms with Crippen molar-refractivity contribution in [2.75, 3.05) is 5.73 Å². The number of aryl methyl sites for hydroxylation is 3. The van der Waals surface area contributed by atoms with Gasteiger partial charge >= 0.3 is 0 Å². The van der Waals surface area contributed by atoms with Crippen molar-refractivity contribution in [2.24, 2.45) is 0 Å². The van der Waals surface area contributed by atoms with Crippen molar-refractivity contribution in [2.45, 2.75) is 27.3 Å². The van der Waals surface area contributed by atoms with Crippen LogP contribution in [0.1, 0.15) is 22.4 Å². The van der Waals surface area contributed by atoms with E-state index in [4.69, 9.17) is 10.8 Å². The van der Waals surface area contributed by atoms with Crippen LogP contribution in [0, 0.1) is 20.8 Å². The molecule has 0 saturated carbocycles. The van der Waals surface area contributed by atoms with Crippen LogP contribution in [-0.2, 0) is 6.54 Å². The average Bonchev–Trinajstić information content (AvgIpc) is 3.25. The van der Waals surface area contributed by atoms with Gasteiger partial charge in [0.05, 0.1) is 23.0 Å². The Balaban J connectivity index is 1.63. The van der Waals surface area contributed by atoms with Gasteiger partial charge in [0.25, 0.3) is 5.56 Å². The third-order valence-electron chi connectivity index (χ3n) is 6.85. The molecule has 0 aliphatic heterocycles. The van der Waals surface area contributed by atoms with E-state index in [-0.39, 0.29) is 5.56 Å². The van der Waals surface area contributed by atoms with Crippen LogP contribution in [-0.4, -0.2) is 24.3 Å². The van der Waals surface area contributed by atoms with Crippen molar-refractivity contribution in [3.8, 4) is 16.9 Å². The molecule has 3 aromatic heterocycles. The topological polar surface area (TPSA) is 91.6 Å². The first-order valence-electron chi connectivity index (χ1n) is 12.2. The quantitative estimate of drug-likeness (QED) is 0.363. The molecule has 0 unspecified atom stereocenters. The van der Waals surface area contributed by atoms with Crippen molar-refractivity contribution < 1.29 is 0 Å². The van der Waals surface area contributed by atoms with Crippen molar-refractivity contribution in [1.82, 2.24) is 24.3 Å². The summed E-state index contributed by atoms with van der Waals surface area (Å²) >= 11 is 0. The number of nitrogens with zero attached hydrogens (tertiary/aromatic N) is 5. The summed E-state index contributed by atoms with van der Waals surface area (Å²) in [6.45, 7) is 6.35. The Bertz CT molecular complexity index is 1880. The maximum atomic E-state index is 14.0. The molecule has 3 aromatic carbocycles. The number of rotatable bonds is 4. The summed E-state index contributed by atoms with van der Waals surface area (Å²) in [6, 6.07) is 24.0. The molecule has 0 spiro atoms. The zero-order valence-electron chi connectivity index (χ0n) is 20.9. The predicted octanol–water partition coefficient (Wildman–Crippen LogP) is 5.35. The molecule has 2 N–H and O–H groups in total.